The average Bonchev–Trinajstić information content (AvgIpc) is 3.32. The lowest BCUT2D eigenvalue weighted by Gasteiger charge is -2.34. The van der Waals surface area contributed by atoms with Crippen molar-refractivity contribution in [3.8, 4) is 16.8 Å². The van der Waals surface area contributed by atoms with E-state index in [1.54, 1.807) is 0 Å². The van der Waals surface area contributed by atoms with Gasteiger partial charge in [0, 0.05) is 33.8 Å². The molecule has 1 aliphatic heterocycles. The van der Waals surface area contributed by atoms with Crippen molar-refractivity contribution < 1.29 is 0 Å². The number of hydrogen-bond acceptors (Lipinski definition) is 1. The zero-order chi connectivity index (χ0) is 29.7. The Kier molecular flexibility index (Phi) is 5.92. The molecular formula is C43H30N2. The van der Waals surface area contributed by atoms with E-state index < -0.39 is 0 Å². The highest BCUT2D eigenvalue weighted by atomic mass is 15.2. The van der Waals surface area contributed by atoms with Gasteiger partial charge < -0.3 is 9.47 Å². The maximum atomic E-state index is 2.41. The molecule has 2 nitrogen and oxygen atoms in total. The van der Waals surface area contributed by atoms with Crippen LogP contribution in [0.15, 0.2) is 182 Å². The second-order valence-corrected chi connectivity index (χ2v) is 11.8. The Morgan fingerprint density at radius 3 is 2.02 bits per heavy atom. The summed E-state index contributed by atoms with van der Waals surface area (Å²) >= 11 is 0. The van der Waals surface area contributed by atoms with Gasteiger partial charge in [-0.15, -0.1) is 0 Å². The van der Waals surface area contributed by atoms with Gasteiger partial charge >= 0.3 is 0 Å². The van der Waals surface area contributed by atoms with Crippen LogP contribution >= 0.6 is 0 Å². The molecule has 0 fully saturated rings. The summed E-state index contributed by atoms with van der Waals surface area (Å²) in [4.78, 5) is 2.41. The summed E-state index contributed by atoms with van der Waals surface area (Å²) in [5.74, 6) is 0.206. The van der Waals surface area contributed by atoms with E-state index in [1.807, 2.05) is 0 Å². The SMILES string of the molecule is C1=CC2=CC(C=C1c1ccccc1)c1ccccc1N2c1cccc(-n2c3ccccc3c3cc(-c4ccccc4)ccc32)c1. The van der Waals surface area contributed by atoms with Crippen LogP contribution in [0.25, 0.3) is 44.2 Å². The number of hydrogen-bond donors (Lipinski definition) is 0. The van der Waals surface area contributed by atoms with Gasteiger partial charge in [0.05, 0.1) is 16.7 Å². The molecule has 1 unspecified atom stereocenters. The first-order valence-corrected chi connectivity index (χ1v) is 15.6. The third-order valence-corrected chi connectivity index (χ3v) is 9.17. The van der Waals surface area contributed by atoms with Gasteiger partial charge in [-0.1, -0.05) is 121 Å². The number of para-hydroxylation sites is 2. The Bertz CT molecular complexity index is 2320. The molecule has 6 aromatic carbocycles. The molecule has 2 heteroatoms. The Labute approximate surface area is 263 Å². The van der Waals surface area contributed by atoms with E-state index in [1.165, 1.54) is 61.0 Å². The fourth-order valence-electron chi connectivity index (χ4n) is 7.10. The molecule has 0 saturated heterocycles. The van der Waals surface area contributed by atoms with Crippen molar-refractivity contribution in [2.75, 3.05) is 4.90 Å². The van der Waals surface area contributed by atoms with Crippen LogP contribution in [0.5, 0.6) is 0 Å². The first-order chi connectivity index (χ1) is 22.3. The maximum absolute atomic E-state index is 2.41. The minimum atomic E-state index is 0.206. The van der Waals surface area contributed by atoms with Crippen molar-refractivity contribution in [3.05, 3.63) is 193 Å². The lowest BCUT2D eigenvalue weighted by atomic mass is 9.90. The summed E-state index contributed by atoms with van der Waals surface area (Å²) in [7, 11) is 0. The molecule has 2 bridgehead atoms. The zero-order valence-corrected chi connectivity index (χ0v) is 24.7. The standard InChI is InChI=1S/C43H30N2/c1-3-12-30(13-4-1)32-22-24-37-27-34(26-32)38-18-7-9-20-41(38)44(37)35-16-11-17-36(29-35)45-42-21-10-8-19-39(42)40-28-33(23-25-43(40)45)31-14-5-2-6-15-31/h1-29,34H. The number of rotatable bonds is 4. The largest absolute Gasteiger partial charge is 0.310 e. The van der Waals surface area contributed by atoms with Crippen LogP contribution in [-0.2, 0) is 0 Å². The summed E-state index contributed by atoms with van der Waals surface area (Å²) in [6.45, 7) is 0. The Morgan fingerprint density at radius 2 is 1.16 bits per heavy atom. The lowest BCUT2D eigenvalue weighted by Crippen LogP contribution is -2.21. The second-order valence-electron chi connectivity index (χ2n) is 11.8. The van der Waals surface area contributed by atoms with E-state index in [9.17, 15) is 0 Å². The van der Waals surface area contributed by atoms with Crippen molar-refractivity contribution in [1.82, 2.24) is 4.57 Å². The summed E-state index contributed by atoms with van der Waals surface area (Å²) in [6.07, 6.45) is 9.33. The number of allylic oxidation sites excluding steroid dienone is 5. The van der Waals surface area contributed by atoms with Crippen LogP contribution in [-0.4, -0.2) is 4.57 Å². The van der Waals surface area contributed by atoms with Crippen molar-refractivity contribution in [3.63, 3.8) is 0 Å². The van der Waals surface area contributed by atoms with Crippen LogP contribution in [0.4, 0.5) is 11.4 Å². The average molecular weight is 575 g/mol. The molecule has 2 aliphatic rings. The molecular weight excluding hydrogens is 544 g/mol. The third-order valence-electron chi connectivity index (χ3n) is 9.17. The monoisotopic (exact) mass is 574 g/mol. The normalized spacial score (nSPS) is 15.5. The molecule has 212 valence electrons. The number of aromatic nitrogens is 1. The minimum absolute atomic E-state index is 0.206. The molecule has 0 amide bonds. The number of anilines is 2. The number of nitrogens with zero attached hydrogens (tertiary/aromatic N) is 2. The van der Waals surface area contributed by atoms with Gasteiger partial charge in [0.25, 0.3) is 0 Å². The van der Waals surface area contributed by atoms with Crippen LogP contribution in [0.2, 0.25) is 0 Å². The Balaban J connectivity index is 1.19. The van der Waals surface area contributed by atoms with Gasteiger partial charge in [-0.25, -0.2) is 0 Å². The van der Waals surface area contributed by atoms with Crippen LogP contribution < -0.4 is 4.90 Å². The first kappa shape index (κ1) is 25.6. The second kappa shape index (κ2) is 10.4. The molecule has 0 saturated carbocycles. The highest BCUT2D eigenvalue weighted by Crippen LogP contribution is 2.45. The summed E-state index contributed by atoms with van der Waals surface area (Å²) < 4.78 is 2.41. The molecule has 1 atom stereocenters. The maximum Gasteiger partial charge on any atom is 0.0541 e. The molecule has 1 aromatic heterocycles. The van der Waals surface area contributed by atoms with Gasteiger partial charge in [-0.3, -0.25) is 0 Å². The highest BCUT2D eigenvalue weighted by Gasteiger charge is 2.27. The summed E-state index contributed by atoms with van der Waals surface area (Å²) in [6, 6.07) is 54.7. The smallest absolute Gasteiger partial charge is 0.0541 e. The fraction of sp³-hybridized carbons (Fsp3) is 0.0233. The van der Waals surface area contributed by atoms with E-state index in [0.29, 0.717) is 0 Å². The quantitative estimate of drug-likeness (QED) is 0.203. The van der Waals surface area contributed by atoms with Crippen LogP contribution in [0.1, 0.15) is 17.0 Å². The molecule has 1 aliphatic carbocycles. The van der Waals surface area contributed by atoms with Gasteiger partial charge in [0.2, 0.25) is 0 Å². The van der Waals surface area contributed by atoms with Gasteiger partial charge in [-0.2, -0.15) is 0 Å². The predicted octanol–water partition coefficient (Wildman–Crippen LogP) is 11.2. The molecule has 9 rings (SSSR count). The van der Waals surface area contributed by atoms with Crippen molar-refractivity contribution in [2.24, 2.45) is 0 Å². The van der Waals surface area contributed by atoms with Gasteiger partial charge in [0.15, 0.2) is 0 Å². The van der Waals surface area contributed by atoms with Crippen molar-refractivity contribution >= 4 is 38.8 Å². The fourth-order valence-corrected chi connectivity index (χ4v) is 7.10. The summed E-state index contributed by atoms with van der Waals surface area (Å²) in [5.41, 5.74) is 13.4. The molecule has 45 heavy (non-hydrogen) atoms. The highest BCUT2D eigenvalue weighted by molar-refractivity contribution is 6.10. The molecule has 0 radical (unpaired) electrons. The van der Waals surface area contributed by atoms with E-state index in [-0.39, 0.29) is 5.92 Å². The lowest BCUT2D eigenvalue weighted by molar-refractivity contribution is 0.998. The van der Waals surface area contributed by atoms with Crippen LogP contribution in [0, 0.1) is 0 Å². The first-order valence-electron chi connectivity index (χ1n) is 15.6. The number of benzene rings is 6. The van der Waals surface area contributed by atoms with E-state index in [0.717, 1.165) is 11.4 Å². The van der Waals surface area contributed by atoms with Gasteiger partial charge in [0.1, 0.15) is 0 Å². The predicted molar refractivity (Wildman–Crippen MR) is 189 cm³/mol. The molecule has 7 aromatic rings. The summed E-state index contributed by atoms with van der Waals surface area (Å²) in [5, 5.41) is 2.52. The van der Waals surface area contributed by atoms with E-state index in [4.69, 9.17) is 0 Å². The molecule has 0 N–H and O–H groups in total. The minimum Gasteiger partial charge on any atom is -0.310 e. The van der Waals surface area contributed by atoms with Crippen LogP contribution in [0.3, 0.4) is 0 Å². The Hall–Kier alpha value is -5.86. The third kappa shape index (κ3) is 4.26. The molecule has 0 spiro atoms. The van der Waals surface area contributed by atoms with Gasteiger partial charge in [-0.05, 0) is 82.4 Å². The van der Waals surface area contributed by atoms with Crippen molar-refractivity contribution in [2.45, 2.75) is 5.92 Å². The van der Waals surface area contributed by atoms with E-state index >= 15 is 0 Å². The Morgan fingerprint density at radius 1 is 0.444 bits per heavy atom. The zero-order valence-electron chi connectivity index (χ0n) is 24.7. The molecule has 2 heterocycles. The topological polar surface area (TPSA) is 8.17 Å². The van der Waals surface area contributed by atoms with E-state index in [2.05, 4.69) is 185 Å². The number of fused-ring (bicyclic) bond motifs is 6. The van der Waals surface area contributed by atoms with Crippen molar-refractivity contribution in [1.29, 1.82) is 0 Å².